The van der Waals surface area contributed by atoms with Crippen molar-refractivity contribution in [3.8, 4) is 0 Å². The van der Waals surface area contributed by atoms with Crippen LogP contribution < -0.4 is 0 Å². The molecule has 0 aliphatic carbocycles. The van der Waals surface area contributed by atoms with E-state index in [0.29, 0.717) is 6.54 Å². The second kappa shape index (κ2) is 3.25. The number of fused-ring (bicyclic) bond motifs is 1. The highest BCUT2D eigenvalue weighted by atomic mass is 16.3. The molecule has 0 fully saturated rings. The van der Waals surface area contributed by atoms with Gasteiger partial charge in [-0.1, -0.05) is 24.3 Å². The summed E-state index contributed by atoms with van der Waals surface area (Å²) in [7, 11) is 0. The predicted octanol–water partition coefficient (Wildman–Crippen LogP) is 1.43. The molecule has 1 heterocycles. The van der Waals surface area contributed by atoms with E-state index in [1.165, 1.54) is 11.1 Å². The number of hydrogen-bond donors (Lipinski definition) is 0. The van der Waals surface area contributed by atoms with Crippen LogP contribution in [0.1, 0.15) is 11.1 Å². The quantitative estimate of drug-likeness (QED) is 0.645. The minimum atomic E-state index is 0.00793. The molecule has 2 heteroatoms. The molecule has 1 aliphatic heterocycles. The SMILES string of the molecule is [O]CCN1Cc2ccccc2C1. The highest BCUT2D eigenvalue weighted by Gasteiger charge is 2.16. The summed E-state index contributed by atoms with van der Waals surface area (Å²) in [6.45, 7) is 2.60. The highest BCUT2D eigenvalue weighted by molar-refractivity contribution is 5.30. The molecule has 0 N–H and O–H groups in total. The average Bonchev–Trinajstić information content (AvgIpc) is 2.47. The first-order chi connectivity index (χ1) is 5.90. The second-order valence-electron chi connectivity index (χ2n) is 3.18. The molecule has 0 unspecified atom stereocenters. The fourth-order valence-corrected chi connectivity index (χ4v) is 1.69. The van der Waals surface area contributed by atoms with Gasteiger partial charge in [-0.15, -0.1) is 0 Å². The van der Waals surface area contributed by atoms with Crippen LogP contribution in [0.25, 0.3) is 0 Å². The Labute approximate surface area is 72.4 Å². The lowest BCUT2D eigenvalue weighted by Crippen LogP contribution is -2.19. The topological polar surface area (TPSA) is 23.1 Å². The first-order valence-electron chi connectivity index (χ1n) is 4.27. The van der Waals surface area contributed by atoms with Crippen LogP contribution in [-0.2, 0) is 18.2 Å². The summed E-state index contributed by atoms with van der Waals surface area (Å²) in [5.74, 6) is 0. The van der Waals surface area contributed by atoms with E-state index in [-0.39, 0.29) is 6.61 Å². The Balaban J connectivity index is 2.11. The van der Waals surface area contributed by atoms with Gasteiger partial charge in [0.05, 0.1) is 6.61 Å². The largest absolute Gasteiger partial charge is 0.292 e. The van der Waals surface area contributed by atoms with Crippen LogP contribution in [0.15, 0.2) is 24.3 Å². The molecule has 0 atom stereocenters. The third-order valence-electron chi connectivity index (χ3n) is 2.31. The molecule has 0 saturated carbocycles. The van der Waals surface area contributed by atoms with Gasteiger partial charge < -0.3 is 0 Å². The number of rotatable bonds is 2. The highest BCUT2D eigenvalue weighted by Crippen LogP contribution is 2.21. The van der Waals surface area contributed by atoms with Crippen molar-refractivity contribution in [2.75, 3.05) is 13.2 Å². The van der Waals surface area contributed by atoms with Crippen molar-refractivity contribution in [2.45, 2.75) is 13.1 Å². The summed E-state index contributed by atoms with van der Waals surface area (Å²) < 4.78 is 0. The van der Waals surface area contributed by atoms with Crippen molar-refractivity contribution in [3.63, 3.8) is 0 Å². The lowest BCUT2D eigenvalue weighted by molar-refractivity contribution is 0.140. The minimum absolute atomic E-state index is 0.00793. The fraction of sp³-hybridized carbons (Fsp3) is 0.400. The van der Waals surface area contributed by atoms with Gasteiger partial charge in [0.15, 0.2) is 0 Å². The molecule has 1 radical (unpaired) electrons. The standard InChI is InChI=1S/C10H12NO/c12-6-5-11-7-9-3-1-2-4-10(9)8-11/h1-4H,5-8H2. The van der Waals surface area contributed by atoms with Crippen LogP contribution in [0.4, 0.5) is 0 Å². The molecule has 0 amide bonds. The molecule has 63 valence electrons. The molecule has 0 saturated heterocycles. The van der Waals surface area contributed by atoms with Gasteiger partial charge in [0.25, 0.3) is 0 Å². The van der Waals surface area contributed by atoms with E-state index in [0.717, 1.165) is 13.1 Å². The molecule has 1 aliphatic rings. The lowest BCUT2D eigenvalue weighted by Gasteiger charge is -2.10. The summed E-state index contributed by atoms with van der Waals surface area (Å²) >= 11 is 0. The van der Waals surface area contributed by atoms with Gasteiger partial charge in [-0.3, -0.25) is 4.90 Å². The zero-order chi connectivity index (χ0) is 8.39. The normalized spacial score (nSPS) is 16.4. The van der Waals surface area contributed by atoms with Crippen LogP contribution in [0.2, 0.25) is 0 Å². The summed E-state index contributed by atoms with van der Waals surface area (Å²) in [5, 5.41) is 10.4. The molecule has 1 aromatic carbocycles. The Bertz CT molecular complexity index is 247. The van der Waals surface area contributed by atoms with E-state index in [4.69, 9.17) is 0 Å². The van der Waals surface area contributed by atoms with Gasteiger partial charge in [-0.2, -0.15) is 0 Å². The Kier molecular flexibility index (Phi) is 2.11. The molecular weight excluding hydrogens is 150 g/mol. The summed E-state index contributed by atoms with van der Waals surface area (Å²) in [6, 6.07) is 8.39. The van der Waals surface area contributed by atoms with Gasteiger partial charge in [-0.25, -0.2) is 5.11 Å². The first kappa shape index (κ1) is 7.77. The first-order valence-corrected chi connectivity index (χ1v) is 4.27. The second-order valence-corrected chi connectivity index (χ2v) is 3.18. The number of hydrogen-bond acceptors (Lipinski definition) is 1. The fourth-order valence-electron chi connectivity index (χ4n) is 1.69. The van der Waals surface area contributed by atoms with Crippen LogP contribution in [0.3, 0.4) is 0 Å². The van der Waals surface area contributed by atoms with Crippen molar-refractivity contribution in [1.82, 2.24) is 4.90 Å². The maximum Gasteiger partial charge on any atom is 0.0949 e. The Hall–Kier alpha value is -0.860. The smallest absolute Gasteiger partial charge is 0.0949 e. The van der Waals surface area contributed by atoms with E-state index >= 15 is 0 Å². The molecule has 2 nitrogen and oxygen atoms in total. The van der Waals surface area contributed by atoms with Gasteiger partial charge in [0.1, 0.15) is 0 Å². The average molecular weight is 162 g/mol. The Morgan fingerprint density at radius 1 is 1.17 bits per heavy atom. The Morgan fingerprint density at radius 2 is 1.75 bits per heavy atom. The summed E-state index contributed by atoms with van der Waals surface area (Å²) in [6.07, 6.45) is 0. The zero-order valence-electron chi connectivity index (χ0n) is 6.99. The van der Waals surface area contributed by atoms with Crippen molar-refractivity contribution >= 4 is 0 Å². The monoisotopic (exact) mass is 162 g/mol. The predicted molar refractivity (Wildman–Crippen MR) is 46.1 cm³/mol. The summed E-state index contributed by atoms with van der Waals surface area (Å²) in [5.41, 5.74) is 2.76. The van der Waals surface area contributed by atoms with Gasteiger partial charge in [0, 0.05) is 19.6 Å². The maximum atomic E-state index is 10.4. The molecule has 12 heavy (non-hydrogen) atoms. The van der Waals surface area contributed by atoms with E-state index in [9.17, 15) is 5.11 Å². The van der Waals surface area contributed by atoms with Crippen LogP contribution >= 0.6 is 0 Å². The van der Waals surface area contributed by atoms with Gasteiger partial charge >= 0.3 is 0 Å². The van der Waals surface area contributed by atoms with Crippen molar-refractivity contribution in [1.29, 1.82) is 0 Å². The van der Waals surface area contributed by atoms with Crippen molar-refractivity contribution < 1.29 is 5.11 Å². The van der Waals surface area contributed by atoms with Crippen molar-refractivity contribution in [3.05, 3.63) is 35.4 Å². The molecule has 1 aromatic rings. The molecule has 0 spiro atoms. The molecule has 0 aromatic heterocycles. The molecule has 0 bridgehead atoms. The van der Waals surface area contributed by atoms with Crippen LogP contribution in [-0.4, -0.2) is 18.1 Å². The summed E-state index contributed by atoms with van der Waals surface area (Å²) in [4.78, 5) is 2.19. The van der Waals surface area contributed by atoms with E-state index in [1.807, 2.05) is 0 Å². The van der Waals surface area contributed by atoms with E-state index in [1.54, 1.807) is 0 Å². The zero-order valence-corrected chi connectivity index (χ0v) is 6.99. The number of benzene rings is 1. The Morgan fingerprint density at radius 3 is 2.25 bits per heavy atom. The van der Waals surface area contributed by atoms with E-state index < -0.39 is 0 Å². The van der Waals surface area contributed by atoms with Gasteiger partial charge in [0.2, 0.25) is 0 Å². The van der Waals surface area contributed by atoms with Crippen LogP contribution in [0, 0.1) is 0 Å². The number of nitrogens with zero attached hydrogens (tertiary/aromatic N) is 1. The van der Waals surface area contributed by atoms with Gasteiger partial charge in [-0.05, 0) is 11.1 Å². The minimum Gasteiger partial charge on any atom is -0.292 e. The van der Waals surface area contributed by atoms with E-state index in [2.05, 4.69) is 29.2 Å². The maximum absolute atomic E-state index is 10.4. The molecule has 2 rings (SSSR count). The third kappa shape index (κ3) is 1.36. The van der Waals surface area contributed by atoms with Crippen molar-refractivity contribution in [2.24, 2.45) is 0 Å². The lowest BCUT2D eigenvalue weighted by atomic mass is 10.1. The van der Waals surface area contributed by atoms with Crippen LogP contribution in [0.5, 0.6) is 0 Å². The molecular formula is C10H12NO. The third-order valence-corrected chi connectivity index (χ3v) is 2.31.